The molecule has 112 valence electrons. The summed E-state index contributed by atoms with van der Waals surface area (Å²) in [5.74, 6) is 0.247. The molecule has 1 aliphatic heterocycles. The molecule has 0 bridgehead atoms. The van der Waals surface area contributed by atoms with E-state index in [9.17, 15) is 4.79 Å². The van der Waals surface area contributed by atoms with Crippen LogP contribution in [0, 0.1) is 11.3 Å². The van der Waals surface area contributed by atoms with Crippen molar-refractivity contribution in [1.82, 2.24) is 4.90 Å². The fourth-order valence-corrected chi connectivity index (χ4v) is 2.36. The van der Waals surface area contributed by atoms with Crippen molar-refractivity contribution in [2.24, 2.45) is 0 Å². The maximum atomic E-state index is 11.8. The molecular weight excluding hydrogens is 272 g/mol. The highest BCUT2D eigenvalue weighted by molar-refractivity contribution is 5.75. The normalized spacial score (nSPS) is 18.8. The molecule has 1 saturated heterocycles. The molecule has 0 aliphatic carbocycles. The zero-order valence-electron chi connectivity index (χ0n) is 12.2. The molecule has 1 heterocycles. The summed E-state index contributed by atoms with van der Waals surface area (Å²) in [7, 11) is 2.90. The topological polar surface area (TPSA) is 71.8 Å². The minimum absolute atomic E-state index is 0.302. The first-order valence-corrected chi connectivity index (χ1v) is 6.66. The van der Waals surface area contributed by atoms with Gasteiger partial charge in [-0.25, -0.2) is 0 Å². The van der Waals surface area contributed by atoms with E-state index in [0.29, 0.717) is 37.6 Å². The number of hydrogen-bond donors (Lipinski definition) is 0. The van der Waals surface area contributed by atoms with Crippen LogP contribution in [0.5, 0.6) is 5.75 Å². The van der Waals surface area contributed by atoms with E-state index in [-0.39, 0.29) is 5.97 Å². The lowest BCUT2D eigenvalue weighted by molar-refractivity contribution is -0.153. The standard InChI is InChI=1S/C15H18N2O4/c1-19-14-4-3-11(7-12(14)8-16)9-17-5-6-21-10-13(17)15(18)20-2/h3-4,7,13H,5-6,9-10H2,1-2H3. The van der Waals surface area contributed by atoms with Gasteiger partial charge in [-0.2, -0.15) is 5.26 Å². The number of nitrogens with zero attached hydrogens (tertiary/aromatic N) is 2. The predicted molar refractivity (Wildman–Crippen MR) is 74.7 cm³/mol. The van der Waals surface area contributed by atoms with Gasteiger partial charge in [0.05, 0.1) is 33.0 Å². The quantitative estimate of drug-likeness (QED) is 0.769. The van der Waals surface area contributed by atoms with Crippen LogP contribution in [-0.4, -0.2) is 50.9 Å². The molecule has 1 fully saturated rings. The van der Waals surface area contributed by atoms with Crippen molar-refractivity contribution in [2.75, 3.05) is 34.0 Å². The summed E-state index contributed by atoms with van der Waals surface area (Å²) in [6.07, 6.45) is 0. The molecule has 0 saturated carbocycles. The predicted octanol–water partition coefficient (Wildman–Crippen LogP) is 0.941. The van der Waals surface area contributed by atoms with E-state index in [2.05, 4.69) is 6.07 Å². The Hall–Kier alpha value is -2.10. The Labute approximate surface area is 123 Å². The summed E-state index contributed by atoms with van der Waals surface area (Å²) in [6.45, 7) is 2.11. The average Bonchev–Trinajstić information content (AvgIpc) is 2.54. The summed E-state index contributed by atoms with van der Waals surface area (Å²) in [5.41, 5.74) is 1.43. The molecule has 6 nitrogen and oxygen atoms in total. The Morgan fingerprint density at radius 2 is 2.33 bits per heavy atom. The van der Waals surface area contributed by atoms with Gasteiger partial charge >= 0.3 is 5.97 Å². The molecule has 1 aromatic carbocycles. The van der Waals surface area contributed by atoms with E-state index in [4.69, 9.17) is 19.5 Å². The van der Waals surface area contributed by atoms with Gasteiger partial charge in [0.15, 0.2) is 0 Å². The molecule has 1 atom stereocenters. The molecule has 1 aliphatic rings. The van der Waals surface area contributed by atoms with Gasteiger partial charge in [-0.3, -0.25) is 9.69 Å². The average molecular weight is 290 g/mol. The van der Waals surface area contributed by atoms with Crippen LogP contribution >= 0.6 is 0 Å². The minimum Gasteiger partial charge on any atom is -0.495 e. The second kappa shape index (κ2) is 7.07. The Morgan fingerprint density at radius 3 is 3.00 bits per heavy atom. The number of rotatable bonds is 4. The van der Waals surface area contributed by atoms with Gasteiger partial charge in [0.25, 0.3) is 0 Å². The summed E-state index contributed by atoms with van der Waals surface area (Å²) < 4.78 is 15.3. The number of esters is 1. The smallest absolute Gasteiger partial charge is 0.325 e. The highest BCUT2D eigenvalue weighted by atomic mass is 16.5. The van der Waals surface area contributed by atoms with Gasteiger partial charge in [0.1, 0.15) is 17.9 Å². The van der Waals surface area contributed by atoms with E-state index in [0.717, 1.165) is 5.56 Å². The fourth-order valence-electron chi connectivity index (χ4n) is 2.36. The fraction of sp³-hybridized carbons (Fsp3) is 0.467. The van der Waals surface area contributed by atoms with E-state index in [1.54, 1.807) is 12.1 Å². The van der Waals surface area contributed by atoms with Crippen LogP contribution in [-0.2, 0) is 20.8 Å². The first kappa shape index (κ1) is 15.3. The Balaban J connectivity index is 2.16. The number of ether oxygens (including phenoxy) is 3. The van der Waals surface area contributed by atoms with Crippen LogP contribution < -0.4 is 4.74 Å². The molecule has 0 N–H and O–H groups in total. The lowest BCUT2D eigenvalue weighted by Gasteiger charge is -2.33. The van der Waals surface area contributed by atoms with E-state index < -0.39 is 6.04 Å². The lowest BCUT2D eigenvalue weighted by Crippen LogP contribution is -2.49. The van der Waals surface area contributed by atoms with E-state index in [1.807, 2.05) is 11.0 Å². The molecule has 0 amide bonds. The number of morpholine rings is 1. The van der Waals surface area contributed by atoms with E-state index in [1.165, 1.54) is 14.2 Å². The second-order valence-corrected chi connectivity index (χ2v) is 4.73. The van der Waals surface area contributed by atoms with Crippen LogP contribution in [0.2, 0.25) is 0 Å². The minimum atomic E-state index is -0.406. The Morgan fingerprint density at radius 1 is 1.52 bits per heavy atom. The van der Waals surface area contributed by atoms with Crippen molar-refractivity contribution >= 4 is 5.97 Å². The molecule has 1 unspecified atom stereocenters. The number of methoxy groups -OCH3 is 2. The largest absolute Gasteiger partial charge is 0.495 e. The molecule has 6 heteroatoms. The molecular formula is C15H18N2O4. The third-order valence-electron chi connectivity index (χ3n) is 3.48. The molecule has 2 rings (SSSR count). The van der Waals surface area contributed by atoms with E-state index >= 15 is 0 Å². The highest BCUT2D eigenvalue weighted by Gasteiger charge is 2.30. The monoisotopic (exact) mass is 290 g/mol. The highest BCUT2D eigenvalue weighted by Crippen LogP contribution is 2.21. The first-order chi connectivity index (χ1) is 10.2. The number of carbonyl (C=O) groups excluding carboxylic acids is 1. The van der Waals surface area contributed by atoms with Gasteiger partial charge in [0, 0.05) is 13.1 Å². The number of benzene rings is 1. The van der Waals surface area contributed by atoms with Crippen molar-refractivity contribution in [3.8, 4) is 11.8 Å². The zero-order chi connectivity index (χ0) is 15.2. The molecule has 0 aromatic heterocycles. The van der Waals surface area contributed by atoms with Gasteiger partial charge in [0.2, 0.25) is 0 Å². The SMILES string of the molecule is COC(=O)C1COCCN1Cc1ccc(OC)c(C#N)c1. The van der Waals surface area contributed by atoms with Gasteiger partial charge in [-0.05, 0) is 17.7 Å². The van der Waals surface area contributed by atoms with Crippen LogP contribution in [0.15, 0.2) is 18.2 Å². The van der Waals surface area contributed by atoms with Gasteiger partial charge in [-0.15, -0.1) is 0 Å². The number of carbonyl (C=O) groups is 1. The third kappa shape index (κ3) is 3.51. The van der Waals surface area contributed by atoms with Crippen molar-refractivity contribution < 1.29 is 19.0 Å². The number of hydrogen-bond acceptors (Lipinski definition) is 6. The third-order valence-corrected chi connectivity index (χ3v) is 3.48. The van der Waals surface area contributed by atoms with Crippen molar-refractivity contribution in [1.29, 1.82) is 5.26 Å². The van der Waals surface area contributed by atoms with Crippen molar-refractivity contribution in [2.45, 2.75) is 12.6 Å². The number of nitriles is 1. The molecule has 0 spiro atoms. The zero-order valence-corrected chi connectivity index (χ0v) is 12.2. The van der Waals surface area contributed by atoms with Crippen molar-refractivity contribution in [3.63, 3.8) is 0 Å². The maximum absolute atomic E-state index is 11.8. The van der Waals surface area contributed by atoms with Crippen LogP contribution in [0.3, 0.4) is 0 Å². The lowest BCUT2D eigenvalue weighted by atomic mass is 10.1. The summed E-state index contributed by atoms with van der Waals surface area (Å²) in [4.78, 5) is 13.8. The Kier molecular flexibility index (Phi) is 5.14. The molecule has 21 heavy (non-hydrogen) atoms. The first-order valence-electron chi connectivity index (χ1n) is 6.66. The van der Waals surface area contributed by atoms with Crippen LogP contribution in [0.1, 0.15) is 11.1 Å². The summed E-state index contributed by atoms with van der Waals surface area (Å²) in [6, 6.07) is 7.14. The second-order valence-electron chi connectivity index (χ2n) is 4.73. The maximum Gasteiger partial charge on any atom is 0.325 e. The van der Waals surface area contributed by atoms with Crippen LogP contribution in [0.25, 0.3) is 0 Å². The van der Waals surface area contributed by atoms with Gasteiger partial charge < -0.3 is 14.2 Å². The van der Waals surface area contributed by atoms with Crippen molar-refractivity contribution in [3.05, 3.63) is 29.3 Å². The molecule has 0 radical (unpaired) electrons. The van der Waals surface area contributed by atoms with Gasteiger partial charge in [-0.1, -0.05) is 6.07 Å². The molecule has 1 aromatic rings. The summed E-state index contributed by atoms with van der Waals surface area (Å²) in [5, 5.41) is 9.12. The Bertz CT molecular complexity index is 553. The summed E-state index contributed by atoms with van der Waals surface area (Å²) >= 11 is 0. The van der Waals surface area contributed by atoms with Crippen LogP contribution in [0.4, 0.5) is 0 Å².